The van der Waals surface area contributed by atoms with Crippen LogP contribution in [-0.2, 0) is 16.0 Å². The summed E-state index contributed by atoms with van der Waals surface area (Å²) in [5, 5.41) is 10.6. The molecule has 0 aliphatic heterocycles. The Labute approximate surface area is 91.5 Å². The van der Waals surface area contributed by atoms with Crippen molar-refractivity contribution in [2.24, 2.45) is 0 Å². The summed E-state index contributed by atoms with van der Waals surface area (Å²) in [6.45, 7) is 1.30. The largest absolute Gasteiger partial charge is 0.300 e. The minimum Gasteiger partial charge on any atom is -0.300 e. The van der Waals surface area contributed by atoms with Crippen LogP contribution in [0.1, 0.15) is 18.9 Å². The molecule has 84 valence electrons. The second-order valence-electron chi connectivity index (χ2n) is 3.36. The van der Waals surface area contributed by atoms with E-state index in [9.17, 15) is 19.7 Å². The Balaban J connectivity index is 2.84. The molecule has 1 heterocycles. The lowest BCUT2D eigenvalue weighted by molar-refractivity contribution is -0.385. The molecule has 6 heteroatoms. The number of hydrogen-bond acceptors (Lipinski definition) is 5. The summed E-state index contributed by atoms with van der Waals surface area (Å²) in [6.07, 6.45) is 2.16. The van der Waals surface area contributed by atoms with Crippen LogP contribution >= 0.6 is 0 Å². The summed E-state index contributed by atoms with van der Waals surface area (Å²) in [4.78, 5) is 35.7. The quantitative estimate of drug-likeness (QED) is 0.422. The van der Waals surface area contributed by atoms with Gasteiger partial charge in [0.05, 0.1) is 11.3 Å². The molecule has 1 rings (SSSR count). The van der Waals surface area contributed by atoms with Crippen molar-refractivity contribution in [1.82, 2.24) is 4.98 Å². The third kappa shape index (κ3) is 3.23. The van der Waals surface area contributed by atoms with Crippen LogP contribution in [0.3, 0.4) is 0 Å². The number of carbonyl (C=O) groups is 2. The molecule has 1 aromatic heterocycles. The summed E-state index contributed by atoms with van der Waals surface area (Å²) < 4.78 is 0. The molecule has 6 nitrogen and oxygen atoms in total. The second kappa shape index (κ2) is 5.11. The Hall–Kier alpha value is -2.11. The Morgan fingerprint density at radius 1 is 1.50 bits per heavy atom. The number of carbonyl (C=O) groups excluding carboxylic acids is 2. The van der Waals surface area contributed by atoms with Crippen LogP contribution in [0.4, 0.5) is 5.69 Å². The fourth-order valence-electron chi connectivity index (χ4n) is 1.28. The van der Waals surface area contributed by atoms with Gasteiger partial charge in [-0.15, -0.1) is 0 Å². The first-order valence-electron chi connectivity index (χ1n) is 4.59. The highest BCUT2D eigenvalue weighted by molar-refractivity contribution is 5.99. The highest BCUT2D eigenvalue weighted by Crippen LogP contribution is 2.17. The van der Waals surface area contributed by atoms with E-state index in [1.54, 1.807) is 0 Å². The second-order valence-corrected chi connectivity index (χ2v) is 3.36. The molecule has 0 aliphatic carbocycles. The first-order chi connectivity index (χ1) is 7.50. The highest BCUT2D eigenvalue weighted by Gasteiger charge is 2.16. The first-order valence-corrected chi connectivity index (χ1v) is 4.59. The van der Waals surface area contributed by atoms with Gasteiger partial charge in [-0.25, -0.2) is 0 Å². The topological polar surface area (TPSA) is 90.2 Å². The summed E-state index contributed by atoms with van der Waals surface area (Å²) in [6, 6.07) is 1.41. The van der Waals surface area contributed by atoms with Gasteiger partial charge in [0.15, 0.2) is 0 Å². The van der Waals surface area contributed by atoms with Gasteiger partial charge in [-0.2, -0.15) is 0 Å². The van der Waals surface area contributed by atoms with Gasteiger partial charge in [0.2, 0.25) is 0 Å². The average molecular weight is 222 g/mol. The summed E-state index contributed by atoms with van der Waals surface area (Å²) in [7, 11) is 0. The standard InChI is InChI=1S/C10H10N2O4/c1-7(13)4-9(14)5-8-2-3-11-6-10(8)12(15)16/h2-3,6H,4-5H2,1H3. The number of pyridine rings is 1. The Kier molecular flexibility index (Phi) is 3.82. The van der Waals surface area contributed by atoms with Crippen LogP contribution in [0.2, 0.25) is 0 Å². The lowest BCUT2D eigenvalue weighted by Gasteiger charge is -2.00. The maximum absolute atomic E-state index is 11.3. The molecule has 0 aromatic carbocycles. The summed E-state index contributed by atoms with van der Waals surface area (Å²) >= 11 is 0. The zero-order chi connectivity index (χ0) is 12.1. The fourth-order valence-corrected chi connectivity index (χ4v) is 1.28. The van der Waals surface area contributed by atoms with E-state index in [0.29, 0.717) is 0 Å². The van der Waals surface area contributed by atoms with Gasteiger partial charge in [0, 0.05) is 18.2 Å². The van der Waals surface area contributed by atoms with Gasteiger partial charge in [-0.05, 0) is 13.0 Å². The van der Waals surface area contributed by atoms with E-state index in [1.807, 2.05) is 0 Å². The molecule has 0 bridgehead atoms. The third-order valence-corrected chi connectivity index (χ3v) is 1.92. The molecular formula is C10H10N2O4. The molecule has 0 spiro atoms. The number of nitro groups is 1. The van der Waals surface area contributed by atoms with Crippen molar-refractivity contribution in [3.63, 3.8) is 0 Å². The fraction of sp³-hybridized carbons (Fsp3) is 0.300. The van der Waals surface area contributed by atoms with Crippen molar-refractivity contribution in [3.8, 4) is 0 Å². The van der Waals surface area contributed by atoms with Crippen LogP contribution in [0, 0.1) is 10.1 Å². The Bertz CT molecular complexity index is 442. The lowest BCUT2D eigenvalue weighted by atomic mass is 10.1. The van der Waals surface area contributed by atoms with E-state index in [1.165, 1.54) is 19.2 Å². The Morgan fingerprint density at radius 2 is 2.19 bits per heavy atom. The normalized spacial score (nSPS) is 9.81. The molecule has 0 unspecified atom stereocenters. The van der Waals surface area contributed by atoms with Crippen molar-refractivity contribution < 1.29 is 14.5 Å². The molecule has 1 aromatic rings. The van der Waals surface area contributed by atoms with Crippen molar-refractivity contribution >= 4 is 17.3 Å². The zero-order valence-corrected chi connectivity index (χ0v) is 8.67. The van der Waals surface area contributed by atoms with Crippen molar-refractivity contribution in [3.05, 3.63) is 34.1 Å². The van der Waals surface area contributed by atoms with Crippen molar-refractivity contribution in [2.75, 3.05) is 0 Å². The van der Waals surface area contributed by atoms with Crippen LogP contribution in [0.25, 0.3) is 0 Å². The number of rotatable bonds is 5. The van der Waals surface area contributed by atoms with E-state index in [4.69, 9.17) is 0 Å². The number of Topliss-reactive ketones (excluding diaryl/α,β-unsaturated/α-hetero) is 2. The molecule has 0 atom stereocenters. The first kappa shape index (κ1) is 12.0. The van der Waals surface area contributed by atoms with Crippen molar-refractivity contribution in [2.45, 2.75) is 19.8 Å². The molecule has 0 saturated heterocycles. The molecule has 0 radical (unpaired) electrons. The van der Waals surface area contributed by atoms with Gasteiger partial charge >= 0.3 is 0 Å². The average Bonchev–Trinajstić information content (AvgIpc) is 2.16. The van der Waals surface area contributed by atoms with Crippen LogP contribution in [0.15, 0.2) is 18.5 Å². The molecule has 16 heavy (non-hydrogen) atoms. The molecule has 0 amide bonds. The van der Waals surface area contributed by atoms with Gasteiger partial charge in [0.25, 0.3) is 5.69 Å². The van der Waals surface area contributed by atoms with E-state index < -0.39 is 4.92 Å². The van der Waals surface area contributed by atoms with Crippen LogP contribution < -0.4 is 0 Å². The molecule has 0 saturated carbocycles. The number of aromatic nitrogens is 1. The Morgan fingerprint density at radius 3 is 2.75 bits per heavy atom. The van der Waals surface area contributed by atoms with Crippen LogP contribution in [-0.4, -0.2) is 21.5 Å². The summed E-state index contributed by atoms with van der Waals surface area (Å²) in [5.74, 6) is -0.580. The third-order valence-electron chi connectivity index (χ3n) is 1.92. The summed E-state index contributed by atoms with van der Waals surface area (Å²) in [5.41, 5.74) is 0.0886. The predicted molar refractivity (Wildman–Crippen MR) is 54.9 cm³/mol. The SMILES string of the molecule is CC(=O)CC(=O)Cc1ccncc1[N+](=O)[O-]. The molecule has 0 aliphatic rings. The van der Waals surface area contributed by atoms with Gasteiger partial charge in [-0.3, -0.25) is 24.7 Å². The van der Waals surface area contributed by atoms with Crippen LogP contribution in [0.5, 0.6) is 0 Å². The van der Waals surface area contributed by atoms with E-state index in [2.05, 4.69) is 4.98 Å². The van der Waals surface area contributed by atoms with E-state index in [0.717, 1.165) is 6.20 Å². The maximum Gasteiger partial charge on any atom is 0.291 e. The maximum atomic E-state index is 11.3. The monoisotopic (exact) mass is 222 g/mol. The smallest absolute Gasteiger partial charge is 0.291 e. The minimum absolute atomic E-state index is 0.113. The molecule has 0 fully saturated rings. The number of ketones is 2. The number of nitrogens with zero attached hydrogens (tertiary/aromatic N) is 2. The van der Waals surface area contributed by atoms with E-state index >= 15 is 0 Å². The van der Waals surface area contributed by atoms with Gasteiger partial charge in [0.1, 0.15) is 17.8 Å². The van der Waals surface area contributed by atoms with Gasteiger partial charge in [-0.1, -0.05) is 0 Å². The number of hydrogen-bond donors (Lipinski definition) is 0. The predicted octanol–water partition coefficient (Wildman–Crippen LogP) is 1.08. The van der Waals surface area contributed by atoms with Gasteiger partial charge < -0.3 is 0 Å². The highest BCUT2D eigenvalue weighted by atomic mass is 16.6. The van der Waals surface area contributed by atoms with Crippen molar-refractivity contribution in [1.29, 1.82) is 0 Å². The lowest BCUT2D eigenvalue weighted by Crippen LogP contribution is -2.09. The van der Waals surface area contributed by atoms with E-state index in [-0.39, 0.29) is 35.7 Å². The minimum atomic E-state index is -0.594. The zero-order valence-electron chi connectivity index (χ0n) is 8.67. The molecular weight excluding hydrogens is 212 g/mol. The molecule has 0 N–H and O–H groups in total.